The first kappa shape index (κ1) is 12.4. The van der Waals surface area contributed by atoms with E-state index in [2.05, 4.69) is 9.97 Å². The van der Waals surface area contributed by atoms with Crippen molar-refractivity contribution in [3.05, 3.63) is 11.4 Å². The minimum Gasteiger partial charge on any atom is -0.480 e. The van der Waals surface area contributed by atoms with Gasteiger partial charge in [0.25, 0.3) is 0 Å². The zero-order chi connectivity index (χ0) is 12.1. The molecule has 0 atom stereocenters. The molecule has 1 heterocycles. The molecule has 88 valence electrons. The van der Waals surface area contributed by atoms with Gasteiger partial charge >= 0.3 is 0 Å². The van der Waals surface area contributed by atoms with Gasteiger partial charge < -0.3 is 14.3 Å². The first-order valence-corrected chi connectivity index (χ1v) is 5.06. The van der Waals surface area contributed by atoms with E-state index in [1.807, 2.05) is 13.8 Å². The van der Waals surface area contributed by atoms with Gasteiger partial charge in [-0.1, -0.05) is 13.8 Å². The van der Waals surface area contributed by atoms with Crippen LogP contribution in [0.4, 0.5) is 0 Å². The Balaban J connectivity index is 3.27. The van der Waals surface area contributed by atoms with Crippen LogP contribution >= 0.6 is 0 Å². The summed E-state index contributed by atoms with van der Waals surface area (Å²) in [5.74, 6) is 1.02. The lowest BCUT2D eigenvalue weighted by molar-refractivity contribution is -0.107. The molecule has 0 fully saturated rings. The number of ether oxygens (including phenoxy) is 2. The Morgan fingerprint density at radius 1 is 1.19 bits per heavy atom. The van der Waals surface area contributed by atoms with Gasteiger partial charge in [0.2, 0.25) is 11.8 Å². The van der Waals surface area contributed by atoms with E-state index in [4.69, 9.17) is 9.47 Å². The first-order chi connectivity index (χ1) is 7.63. The molecular formula is C11H16N2O3. The van der Waals surface area contributed by atoms with E-state index < -0.39 is 0 Å². The molecule has 16 heavy (non-hydrogen) atoms. The summed E-state index contributed by atoms with van der Waals surface area (Å²) in [4.78, 5) is 19.0. The van der Waals surface area contributed by atoms with Crippen LogP contribution in [0.5, 0.6) is 11.8 Å². The fraction of sp³-hybridized carbons (Fsp3) is 0.545. The third-order valence-corrected chi connectivity index (χ3v) is 2.13. The van der Waals surface area contributed by atoms with Crippen LogP contribution in [-0.4, -0.2) is 30.5 Å². The van der Waals surface area contributed by atoms with Crippen LogP contribution in [0, 0.1) is 0 Å². The molecule has 0 radical (unpaired) electrons. The average Bonchev–Trinajstić information content (AvgIpc) is 2.28. The van der Waals surface area contributed by atoms with Crippen LogP contribution in [0.25, 0.3) is 0 Å². The van der Waals surface area contributed by atoms with Crippen molar-refractivity contribution in [1.29, 1.82) is 0 Å². The Kier molecular flexibility index (Phi) is 4.22. The molecule has 1 aromatic rings. The lowest BCUT2D eigenvalue weighted by Gasteiger charge is -2.13. The van der Waals surface area contributed by atoms with Gasteiger partial charge in [-0.15, -0.1) is 0 Å². The van der Waals surface area contributed by atoms with Crippen molar-refractivity contribution in [1.82, 2.24) is 9.97 Å². The number of hydrogen-bond donors (Lipinski definition) is 0. The number of aromatic nitrogens is 2. The fourth-order valence-corrected chi connectivity index (χ4v) is 1.35. The molecule has 0 aliphatic carbocycles. The molecule has 0 bridgehead atoms. The van der Waals surface area contributed by atoms with E-state index in [1.54, 1.807) is 0 Å². The summed E-state index contributed by atoms with van der Waals surface area (Å²) in [5, 5.41) is 0. The van der Waals surface area contributed by atoms with Crippen LogP contribution in [0.1, 0.15) is 31.2 Å². The van der Waals surface area contributed by atoms with Crippen molar-refractivity contribution in [2.75, 3.05) is 14.2 Å². The van der Waals surface area contributed by atoms with E-state index in [1.165, 1.54) is 14.2 Å². The molecule has 0 unspecified atom stereocenters. The third-order valence-electron chi connectivity index (χ3n) is 2.13. The van der Waals surface area contributed by atoms with Crippen LogP contribution in [0.2, 0.25) is 0 Å². The van der Waals surface area contributed by atoms with Gasteiger partial charge in [-0.2, -0.15) is 0 Å². The summed E-state index contributed by atoms with van der Waals surface area (Å²) in [6, 6.07) is 0. The lowest BCUT2D eigenvalue weighted by Crippen LogP contribution is -2.07. The predicted octanol–water partition coefficient (Wildman–Crippen LogP) is 1.36. The summed E-state index contributed by atoms with van der Waals surface area (Å²) in [6.07, 6.45) is 0.936. The molecule has 0 saturated carbocycles. The third kappa shape index (κ3) is 2.48. The van der Waals surface area contributed by atoms with Gasteiger partial charge in [0, 0.05) is 5.92 Å². The minimum absolute atomic E-state index is 0.172. The Morgan fingerprint density at radius 2 is 1.81 bits per heavy atom. The van der Waals surface area contributed by atoms with Gasteiger partial charge in [-0.3, -0.25) is 0 Å². The number of carbonyl (C=O) groups excluding carboxylic acids is 1. The molecule has 1 aromatic heterocycles. The predicted molar refractivity (Wildman–Crippen MR) is 59.0 cm³/mol. The maximum Gasteiger partial charge on any atom is 0.236 e. The van der Waals surface area contributed by atoms with Crippen molar-refractivity contribution < 1.29 is 14.3 Å². The number of rotatable bonds is 5. The molecular weight excluding hydrogens is 208 g/mol. The van der Waals surface area contributed by atoms with Crippen LogP contribution in [-0.2, 0) is 11.2 Å². The Hall–Kier alpha value is -1.65. The highest BCUT2D eigenvalue weighted by molar-refractivity contribution is 5.55. The molecule has 5 nitrogen and oxygen atoms in total. The quantitative estimate of drug-likeness (QED) is 0.707. The molecule has 0 amide bonds. The Labute approximate surface area is 94.8 Å². The molecule has 0 N–H and O–H groups in total. The zero-order valence-corrected chi connectivity index (χ0v) is 9.98. The van der Waals surface area contributed by atoms with Crippen LogP contribution in [0.15, 0.2) is 0 Å². The van der Waals surface area contributed by atoms with Crippen LogP contribution in [0.3, 0.4) is 0 Å². The number of methoxy groups -OCH3 is 2. The standard InChI is InChI=1S/C11H16N2O3/c1-7(2)9-11(16-4)12-8(5-6-14)10(13-9)15-3/h6-7H,5H2,1-4H3. The Morgan fingerprint density at radius 3 is 2.25 bits per heavy atom. The average molecular weight is 224 g/mol. The zero-order valence-electron chi connectivity index (χ0n) is 9.98. The highest BCUT2D eigenvalue weighted by Crippen LogP contribution is 2.26. The van der Waals surface area contributed by atoms with Crippen molar-refractivity contribution in [3.63, 3.8) is 0 Å². The van der Waals surface area contributed by atoms with E-state index in [0.29, 0.717) is 17.5 Å². The van der Waals surface area contributed by atoms with E-state index in [0.717, 1.165) is 12.0 Å². The van der Waals surface area contributed by atoms with Crippen molar-refractivity contribution in [2.24, 2.45) is 0 Å². The van der Waals surface area contributed by atoms with E-state index >= 15 is 0 Å². The van der Waals surface area contributed by atoms with Crippen LogP contribution < -0.4 is 9.47 Å². The summed E-state index contributed by atoms with van der Waals surface area (Å²) in [5.41, 5.74) is 1.23. The topological polar surface area (TPSA) is 61.3 Å². The fourth-order valence-electron chi connectivity index (χ4n) is 1.35. The van der Waals surface area contributed by atoms with Gasteiger partial charge in [-0.05, 0) is 0 Å². The second-order valence-corrected chi connectivity index (χ2v) is 3.60. The highest BCUT2D eigenvalue weighted by atomic mass is 16.5. The molecule has 5 heteroatoms. The molecule has 0 aliphatic heterocycles. The SMILES string of the molecule is COc1nc(C(C)C)c(OC)nc1CC=O. The van der Waals surface area contributed by atoms with Crippen molar-refractivity contribution in [2.45, 2.75) is 26.2 Å². The Bertz CT molecular complexity index is 378. The maximum absolute atomic E-state index is 10.5. The van der Waals surface area contributed by atoms with E-state index in [-0.39, 0.29) is 12.3 Å². The van der Waals surface area contributed by atoms with Crippen molar-refractivity contribution >= 4 is 6.29 Å². The lowest BCUT2D eigenvalue weighted by atomic mass is 10.1. The molecule has 1 rings (SSSR count). The summed E-state index contributed by atoms with van der Waals surface area (Å²) in [6.45, 7) is 3.98. The summed E-state index contributed by atoms with van der Waals surface area (Å²) < 4.78 is 10.2. The van der Waals surface area contributed by atoms with Gasteiger partial charge in [0.1, 0.15) is 17.7 Å². The van der Waals surface area contributed by atoms with Gasteiger partial charge in [-0.25, -0.2) is 9.97 Å². The molecule has 0 spiro atoms. The summed E-state index contributed by atoms with van der Waals surface area (Å²) in [7, 11) is 3.04. The largest absolute Gasteiger partial charge is 0.480 e. The van der Waals surface area contributed by atoms with Crippen molar-refractivity contribution in [3.8, 4) is 11.8 Å². The van der Waals surface area contributed by atoms with E-state index in [9.17, 15) is 4.79 Å². The monoisotopic (exact) mass is 224 g/mol. The van der Waals surface area contributed by atoms with Gasteiger partial charge in [0.15, 0.2) is 0 Å². The normalized spacial score (nSPS) is 10.3. The molecule has 0 saturated heterocycles. The maximum atomic E-state index is 10.5. The molecule has 0 aliphatic rings. The number of aldehydes is 1. The first-order valence-electron chi connectivity index (χ1n) is 5.06. The number of nitrogens with zero attached hydrogens (tertiary/aromatic N) is 2. The van der Waals surface area contributed by atoms with Gasteiger partial charge in [0.05, 0.1) is 20.6 Å². The second kappa shape index (κ2) is 5.44. The number of hydrogen-bond acceptors (Lipinski definition) is 5. The number of carbonyl (C=O) groups is 1. The molecule has 0 aromatic carbocycles. The smallest absolute Gasteiger partial charge is 0.236 e. The highest BCUT2D eigenvalue weighted by Gasteiger charge is 2.16. The second-order valence-electron chi connectivity index (χ2n) is 3.60. The minimum atomic E-state index is 0.172. The summed E-state index contributed by atoms with van der Waals surface area (Å²) >= 11 is 0.